The van der Waals surface area contributed by atoms with Crippen LogP contribution in [0, 0.1) is 13.8 Å². The van der Waals surface area contributed by atoms with Crippen molar-refractivity contribution in [3.05, 3.63) is 65.3 Å². The van der Waals surface area contributed by atoms with Gasteiger partial charge in [-0.05, 0) is 44.5 Å². The van der Waals surface area contributed by atoms with Gasteiger partial charge in [0.2, 0.25) is 5.89 Å². The molecule has 1 aliphatic rings. The van der Waals surface area contributed by atoms with Crippen LogP contribution in [-0.4, -0.2) is 21.0 Å². The average Bonchev–Trinajstić information content (AvgIpc) is 3.22. The molecule has 2 aromatic heterocycles. The molecule has 4 rings (SSSR count). The lowest BCUT2D eigenvalue weighted by atomic mass is 10.1. The molecule has 0 spiro atoms. The third kappa shape index (κ3) is 3.02. The minimum atomic E-state index is 0.447. The van der Waals surface area contributed by atoms with Gasteiger partial charge in [0.25, 0.3) is 0 Å². The van der Waals surface area contributed by atoms with Crippen molar-refractivity contribution in [1.29, 1.82) is 0 Å². The van der Waals surface area contributed by atoms with Crippen LogP contribution >= 0.6 is 0 Å². The quantitative estimate of drug-likeness (QED) is 0.691. The van der Waals surface area contributed by atoms with E-state index in [-0.39, 0.29) is 0 Å². The van der Waals surface area contributed by atoms with Gasteiger partial charge in [0.15, 0.2) is 0 Å². The number of hydrogen-bond donors (Lipinski definition) is 0. The highest BCUT2D eigenvalue weighted by atomic mass is 16.4. The Morgan fingerprint density at radius 1 is 1.16 bits per heavy atom. The number of aryl methyl sites for hydroxylation is 2. The maximum atomic E-state index is 5.98. The molecule has 0 N–H and O–H groups in total. The largest absolute Gasteiger partial charge is 0.441 e. The Morgan fingerprint density at radius 2 is 2.04 bits per heavy atom. The molecule has 0 radical (unpaired) electrons. The van der Waals surface area contributed by atoms with Crippen LogP contribution in [0.2, 0.25) is 0 Å². The SMILES string of the molecule is CC[C@@H]1c2cccn2CCN1Cc1nc(-c2cccc(C)c2)oc1C. The van der Waals surface area contributed by atoms with Crippen LogP contribution in [0.15, 0.2) is 47.0 Å². The third-order valence-corrected chi connectivity index (χ3v) is 5.17. The van der Waals surface area contributed by atoms with Gasteiger partial charge in [0.05, 0.1) is 11.7 Å². The predicted octanol–water partition coefficient (Wildman–Crippen LogP) is 4.73. The molecule has 130 valence electrons. The summed E-state index contributed by atoms with van der Waals surface area (Å²) in [7, 11) is 0. The Bertz CT molecular complexity index is 877. The molecular weight excluding hydrogens is 310 g/mol. The first-order chi connectivity index (χ1) is 12.2. The number of aromatic nitrogens is 2. The predicted molar refractivity (Wildman–Crippen MR) is 99.3 cm³/mol. The molecule has 3 heterocycles. The van der Waals surface area contributed by atoms with Crippen molar-refractivity contribution < 1.29 is 4.42 Å². The first-order valence-electron chi connectivity index (χ1n) is 9.08. The summed E-state index contributed by atoms with van der Waals surface area (Å²) in [5.41, 5.74) is 4.73. The van der Waals surface area contributed by atoms with E-state index in [0.29, 0.717) is 6.04 Å². The van der Waals surface area contributed by atoms with Crippen LogP contribution in [0.5, 0.6) is 0 Å². The Morgan fingerprint density at radius 3 is 2.84 bits per heavy atom. The molecule has 25 heavy (non-hydrogen) atoms. The highest BCUT2D eigenvalue weighted by Gasteiger charge is 2.27. The van der Waals surface area contributed by atoms with E-state index >= 15 is 0 Å². The molecule has 4 nitrogen and oxygen atoms in total. The normalized spacial score (nSPS) is 17.6. The number of nitrogens with zero attached hydrogens (tertiary/aromatic N) is 3. The number of rotatable bonds is 4. The first-order valence-corrected chi connectivity index (χ1v) is 9.08. The fourth-order valence-corrected chi connectivity index (χ4v) is 3.84. The average molecular weight is 335 g/mol. The molecule has 3 aromatic rings. The fourth-order valence-electron chi connectivity index (χ4n) is 3.84. The maximum Gasteiger partial charge on any atom is 0.226 e. The van der Waals surface area contributed by atoms with Crippen LogP contribution in [-0.2, 0) is 13.1 Å². The van der Waals surface area contributed by atoms with Gasteiger partial charge >= 0.3 is 0 Å². The van der Waals surface area contributed by atoms with Crippen LogP contribution in [0.4, 0.5) is 0 Å². The summed E-state index contributed by atoms with van der Waals surface area (Å²) in [5, 5.41) is 0. The van der Waals surface area contributed by atoms with E-state index in [1.165, 1.54) is 11.3 Å². The summed E-state index contributed by atoms with van der Waals surface area (Å²) in [6, 6.07) is 13.2. The Hall–Kier alpha value is -2.33. The highest BCUT2D eigenvalue weighted by Crippen LogP contribution is 2.31. The summed E-state index contributed by atoms with van der Waals surface area (Å²) in [4.78, 5) is 7.34. The molecule has 1 aromatic carbocycles. The Labute approximate surface area is 149 Å². The highest BCUT2D eigenvalue weighted by molar-refractivity contribution is 5.54. The van der Waals surface area contributed by atoms with Crippen molar-refractivity contribution in [2.24, 2.45) is 0 Å². The van der Waals surface area contributed by atoms with Crippen molar-refractivity contribution in [2.45, 2.75) is 46.3 Å². The van der Waals surface area contributed by atoms with Crippen LogP contribution in [0.3, 0.4) is 0 Å². The Balaban J connectivity index is 1.59. The maximum absolute atomic E-state index is 5.98. The summed E-state index contributed by atoms with van der Waals surface area (Å²) in [6.45, 7) is 9.30. The van der Waals surface area contributed by atoms with Gasteiger partial charge in [-0.1, -0.05) is 24.6 Å². The standard InChI is InChI=1S/C21H25N3O/c1-4-19-20-9-6-10-23(20)11-12-24(19)14-18-16(3)25-21(22-18)17-8-5-7-15(2)13-17/h5-10,13,19H,4,11-12,14H2,1-3H3/t19-/m1/s1. The molecule has 1 aliphatic heterocycles. The smallest absolute Gasteiger partial charge is 0.226 e. The van der Waals surface area contributed by atoms with E-state index in [1.54, 1.807) is 0 Å². The topological polar surface area (TPSA) is 34.2 Å². The molecule has 0 amide bonds. The number of fused-ring (bicyclic) bond motifs is 1. The zero-order valence-electron chi connectivity index (χ0n) is 15.2. The van der Waals surface area contributed by atoms with Gasteiger partial charge < -0.3 is 8.98 Å². The van der Waals surface area contributed by atoms with Gasteiger partial charge in [-0.15, -0.1) is 0 Å². The van der Waals surface area contributed by atoms with Gasteiger partial charge in [-0.2, -0.15) is 0 Å². The summed E-state index contributed by atoms with van der Waals surface area (Å²) < 4.78 is 8.35. The van der Waals surface area contributed by atoms with E-state index in [2.05, 4.69) is 65.9 Å². The number of benzene rings is 1. The molecule has 4 heteroatoms. The third-order valence-electron chi connectivity index (χ3n) is 5.17. The van der Waals surface area contributed by atoms with Gasteiger partial charge in [0.1, 0.15) is 5.76 Å². The van der Waals surface area contributed by atoms with E-state index in [9.17, 15) is 0 Å². The second-order valence-corrected chi connectivity index (χ2v) is 6.91. The van der Waals surface area contributed by atoms with E-state index < -0.39 is 0 Å². The van der Waals surface area contributed by atoms with Crippen molar-refractivity contribution in [3.8, 4) is 11.5 Å². The second-order valence-electron chi connectivity index (χ2n) is 6.91. The Kier molecular flexibility index (Phi) is 4.22. The molecule has 0 saturated heterocycles. The van der Waals surface area contributed by atoms with Crippen molar-refractivity contribution in [3.63, 3.8) is 0 Å². The minimum Gasteiger partial charge on any atom is -0.441 e. The monoisotopic (exact) mass is 335 g/mol. The molecule has 0 fully saturated rings. The fraction of sp³-hybridized carbons (Fsp3) is 0.381. The molecule has 0 unspecified atom stereocenters. The van der Waals surface area contributed by atoms with Crippen LogP contribution < -0.4 is 0 Å². The number of hydrogen-bond acceptors (Lipinski definition) is 3. The van der Waals surface area contributed by atoms with Crippen molar-refractivity contribution in [1.82, 2.24) is 14.5 Å². The molecular formula is C21H25N3O. The molecule has 0 bridgehead atoms. The van der Waals surface area contributed by atoms with E-state index in [1.807, 2.05) is 6.92 Å². The molecule has 0 aliphatic carbocycles. The first kappa shape index (κ1) is 16.2. The van der Waals surface area contributed by atoms with Gasteiger partial charge in [-0.3, -0.25) is 4.90 Å². The summed E-state index contributed by atoms with van der Waals surface area (Å²) in [6.07, 6.45) is 3.29. The lowest BCUT2D eigenvalue weighted by Crippen LogP contribution is -2.37. The van der Waals surface area contributed by atoms with Crippen LogP contribution in [0.1, 0.15) is 42.1 Å². The zero-order chi connectivity index (χ0) is 17.4. The van der Waals surface area contributed by atoms with E-state index in [4.69, 9.17) is 9.40 Å². The zero-order valence-corrected chi connectivity index (χ0v) is 15.2. The van der Waals surface area contributed by atoms with Crippen molar-refractivity contribution in [2.75, 3.05) is 6.54 Å². The molecule has 1 atom stereocenters. The number of oxazole rings is 1. The summed E-state index contributed by atoms with van der Waals surface area (Å²) >= 11 is 0. The minimum absolute atomic E-state index is 0.447. The second kappa shape index (κ2) is 6.52. The van der Waals surface area contributed by atoms with Crippen molar-refractivity contribution >= 4 is 0 Å². The van der Waals surface area contributed by atoms with E-state index in [0.717, 1.165) is 49.0 Å². The van der Waals surface area contributed by atoms with Gasteiger partial charge in [0, 0.05) is 37.1 Å². The lowest BCUT2D eigenvalue weighted by molar-refractivity contribution is 0.142. The summed E-state index contributed by atoms with van der Waals surface area (Å²) in [5.74, 6) is 1.65. The van der Waals surface area contributed by atoms with Crippen LogP contribution in [0.25, 0.3) is 11.5 Å². The molecule has 0 saturated carbocycles. The lowest BCUT2D eigenvalue weighted by Gasteiger charge is -2.36. The van der Waals surface area contributed by atoms with Gasteiger partial charge in [-0.25, -0.2) is 4.98 Å².